The van der Waals surface area contributed by atoms with Crippen LogP contribution in [0.15, 0.2) is 9.98 Å². The Morgan fingerprint density at radius 2 is 1.38 bits per heavy atom. The molecule has 0 aromatic rings. The van der Waals surface area contributed by atoms with Crippen LogP contribution in [0.2, 0.25) is 0 Å². The van der Waals surface area contributed by atoms with Crippen LogP contribution in [-0.4, -0.2) is 60.7 Å². The SMILES string of the molecule is CNC(=NCCS)N(C#N)ON(C#N)C(=NCCS)NC. The minimum absolute atomic E-state index is 0.149. The molecule has 2 N–H and O–H groups in total. The van der Waals surface area contributed by atoms with E-state index in [4.69, 9.17) is 15.5 Å². The van der Waals surface area contributed by atoms with Gasteiger partial charge < -0.3 is 10.6 Å². The zero-order chi connectivity index (χ0) is 16.1. The van der Waals surface area contributed by atoms with E-state index in [1.807, 2.05) is 0 Å². The van der Waals surface area contributed by atoms with Crippen molar-refractivity contribution in [1.82, 2.24) is 20.8 Å². The topological polar surface area (TPSA) is 112 Å². The predicted octanol–water partition coefficient (Wildman–Crippen LogP) is -0.590. The fourth-order valence-electron chi connectivity index (χ4n) is 1.09. The predicted molar refractivity (Wildman–Crippen MR) is 86.4 cm³/mol. The number of hydroxylamine groups is 4. The van der Waals surface area contributed by atoms with Crippen LogP contribution in [-0.2, 0) is 4.94 Å². The minimum Gasteiger partial charge on any atom is -0.357 e. The van der Waals surface area contributed by atoms with Gasteiger partial charge in [0, 0.05) is 25.6 Å². The number of hydrogen-bond donors (Lipinski definition) is 4. The van der Waals surface area contributed by atoms with Gasteiger partial charge >= 0.3 is 0 Å². The van der Waals surface area contributed by atoms with E-state index in [1.165, 1.54) is 0 Å². The number of guanidine groups is 2. The molecule has 0 saturated carbocycles. The lowest BCUT2D eigenvalue weighted by Crippen LogP contribution is -2.45. The zero-order valence-corrected chi connectivity index (χ0v) is 13.6. The summed E-state index contributed by atoms with van der Waals surface area (Å²) in [5.74, 6) is 1.32. The number of aliphatic imine (C=N–C) groups is 2. The van der Waals surface area contributed by atoms with Crippen molar-refractivity contribution >= 4 is 37.2 Å². The van der Waals surface area contributed by atoms with Crippen molar-refractivity contribution in [1.29, 1.82) is 10.5 Å². The molecule has 0 radical (unpaired) electrons. The molecule has 0 unspecified atom stereocenters. The van der Waals surface area contributed by atoms with E-state index >= 15 is 0 Å². The molecule has 0 saturated heterocycles. The fourth-order valence-corrected chi connectivity index (χ4v) is 1.29. The van der Waals surface area contributed by atoms with Gasteiger partial charge in [0.15, 0.2) is 0 Å². The van der Waals surface area contributed by atoms with Crippen LogP contribution in [0.1, 0.15) is 0 Å². The summed E-state index contributed by atoms with van der Waals surface area (Å²) in [4.78, 5) is 13.3. The van der Waals surface area contributed by atoms with Gasteiger partial charge in [0.05, 0.1) is 13.1 Å². The van der Waals surface area contributed by atoms with Crippen molar-refractivity contribution in [3.05, 3.63) is 0 Å². The molecular formula is C10H18N8OS2. The van der Waals surface area contributed by atoms with Gasteiger partial charge in [-0.25, -0.2) is 9.98 Å². The Bertz CT molecular complexity index is 401. The Labute approximate surface area is 135 Å². The number of nitriles is 2. The molecule has 0 aliphatic heterocycles. The number of nitrogens with one attached hydrogen (secondary N) is 2. The lowest BCUT2D eigenvalue weighted by atomic mass is 10.7. The van der Waals surface area contributed by atoms with Gasteiger partial charge in [-0.15, -0.1) is 4.94 Å². The maximum absolute atomic E-state index is 9.10. The quantitative estimate of drug-likeness (QED) is 0.129. The second-order valence-corrected chi connectivity index (χ2v) is 4.12. The van der Waals surface area contributed by atoms with Crippen LogP contribution < -0.4 is 10.6 Å². The van der Waals surface area contributed by atoms with Crippen molar-refractivity contribution in [2.24, 2.45) is 9.98 Å². The summed E-state index contributed by atoms with van der Waals surface area (Å²) in [5.41, 5.74) is 0. The molecule has 0 bridgehead atoms. The van der Waals surface area contributed by atoms with E-state index in [1.54, 1.807) is 26.5 Å². The summed E-state index contributed by atoms with van der Waals surface area (Å²) in [6.07, 6.45) is 3.53. The van der Waals surface area contributed by atoms with Crippen molar-refractivity contribution in [2.45, 2.75) is 0 Å². The average molecular weight is 330 g/mol. The van der Waals surface area contributed by atoms with Gasteiger partial charge in [-0.05, 0) is 0 Å². The number of thiol groups is 2. The van der Waals surface area contributed by atoms with Crippen LogP contribution in [0.4, 0.5) is 0 Å². The van der Waals surface area contributed by atoms with Gasteiger partial charge in [0.2, 0.25) is 24.3 Å². The van der Waals surface area contributed by atoms with Crippen LogP contribution >= 0.6 is 25.3 Å². The van der Waals surface area contributed by atoms with E-state index in [9.17, 15) is 0 Å². The van der Waals surface area contributed by atoms with Gasteiger partial charge in [0.1, 0.15) is 0 Å². The molecule has 11 heteroatoms. The standard InChI is InChI=1S/C10H18N8OS2/c1-13-9(15-3-5-20)17(7-11)19-18(8-12)10(14-2)16-4-6-21/h20-21H,3-6H2,1-2H3,(H,13,15)(H,14,16). The number of nitrogens with zero attached hydrogens (tertiary/aromatic N) is 6. The Kier molecular flexibility index (Phi) is 10.9. The first-order valence-corrected chi connectivity index (χ1v) is 7.18. The number of hydrogen-bond acceptors (Lipinski definition) is 7. The highest BCUT2D eigenvalue weighted by Crippen LogP contribution is 1.98. The summed E-state index contributed by atoms with van der Waals surface area (Å²) < 4.78 is 0. The maximum atomic E-state index is 9.10. The lowest BCUT2D eigenvalue weighted by molar-refractivity contribution is -0.197. The third kappa shape index (κ3) is 6.94. The molecule has 0 rings (SSSR count). The van der Waals surface area contributed by atoms with Crippen LogP contribution in [0, 0.1) is 22.9 Å². The van der Waals surface area contributed by atoms with Crippen molar-refractivity contribution in [3.63, 3.8) is 0 Å². The third-order valence-corrected chi connectivity index (χ3v) is 2.30. The highest BCUT2D eigenvalue weighted by Gasteiger charge is 2.19. The van der Waals surface area contributed by atoms with Gasteiger partial charge in [-0.3, -0.25) is 0 Å². The normalized spacial score (nSPS) is 11.3. The highest BCUT2D eigenvalue weighted by molar-refractivity contribution is 7.80. The summed E-state index contributed by atoms with van der Waals surface area (Å²) in [7, 11) is 3.16. The second-order valence-electron chi connectivity index (χ2n) is 3.23. The fraction of sp³-hybridized carbons (Fsp3) is 0.600. The first-order chi connectivity index (χ1) is 10.2. The average Bonchev–Trinajstić information content (AvgIpc) is 2.52. The summed E-state index contributed by atoms with van der Waals surface area (Å²) in [5, 5.41) is 25.1. The van der Waals surface area contributed by atoms with Crippen molar-refractivity contribution in [3.8, 4) is 12.4 Å². The molecule has 0 spiro atoms. The maximum Gasteiger partial charge on any atom is 0.236 e. The molecule has 21 heavy (non-hydrogen) atoms. The van der Waals surface area contributed by atoms with E-state index in [-0.39, 0.29) is 11.9 Å². The first-order valence-electron chi connectivity index (χ1n) is 5.92. The van der Waals surface area contributed by atoms with E-state index in [0.29, 0.717) is 24.6 Å². The van der Waals surface area contributed by atoms with Crippen LogP contribution in [0.3, 0.4) is 0 Å². The zero-order valence-electron chi connectivity index (χ0n) is 11.8. The molecule has 0 aromatic carbocycles. The lowest BCUT2D eigenvalue weighted by Gasteiger charge is -2.21. The Hall–Kier alpha value is -1.82. The molecule has 9 nitrogen and oxygen atoms in total. The molecular weight excluding hydrogens is 312 g/mol. The second kappa shape index (κ2) is 12.0. The van der Waals surface area contributed by atoms with E-state index < -0.39 is 0 Å². The van der Waals surface area contributed by atoms with Crippen LogP contribution in [0.25, 0.3) is 0 Å². The molecule has 0 heterocycles. The van der Waals surface area contributed by atoms with Gasteiger partial charge in [0.25, 0.3) is 0 Å². The minimum atomic E-state index is 0.149. The van der Waals surface area contributed by atoms with Crippen molar-refractivity contribution in [2.75, 3.05) is 38.7 Å². The first kappa shape index (κ1) is 19.2. The highest BCUT2D eigenvalue weighted by atomic mass is 32.1. The summed E-state index contributed by atoms with van der Waals surface area (Å²) in [6.45, 7) is 0.778. The third-order valence-electron chi connectivity index (χ3n) is 1.90. The van der Waals surface area contributed by atoms with E-state index in [2.05, 4.69) is 45.9 Å². The molecule has 0 aromatic heterocycles. The summed E-state index contributed by atoms with van der Waals surface area (Å²) >= 11 is 8.06. The van der Waals surface area contributed by atoms with Gasteiger partial charge in [-0.1, -0.05) is 10.1 Å². The molecule has 116 valence electrons. The molecule has 0 fully saturated rings. The molecule has 0 amide bonds. The van der Waals surface area contributed by atoms with E-state index in [0.717, 1.165) is 10.1 Å². The van der Waals surface area contributed by atoms with Gasteiger partial charge in [-0.2, -0.15) is 35.8 Å². The monoisotopic (exact) mass is 330 g/mol. The molecule has 0 aliphatic carbocycles. The largest absolute Gasteiger partial charge is 0.357 e. The smallest absolute Gasteiger partial charge is 0.236 e. The molecule has 0 atom stereocenters. The Morgan fingerprint density at radius 1 is 1.00 bits per heavy atom. The Morgan fingerprint density at radius 3 is 1.62 bits per heavy atom. The summed E-state index contributed by atoms with van der Waals surface area (Å²) in [6, 6.07) is 0. The van der Waals surface area contributed by atoms with Crippen molar-refractivity contribution < 1.29 is 4.94 Å². The molecule has 0 aliphatic rings. The Balaban J connectivity index is 5.07. The number of rotatable bonds is 6. The van der Waals surface area contributed by atoms with Crippen LogP contribution in [0.5, 0.6) is 0 Å².